The zero-order valence-corrected chi connectivity index (χ0v) is 15.1. The van der Waals surface area contributed by atoms with Crippen LogP contribution in [0.25, 0.3) is 0 Å². The summed E-state index contributed by atoms with van der Waals surface area (Å²) in [5, 5.41) is 6.72. The van der Waals surface area contributed by atoms with E-state index in [2.05, 4.69) is 38.4 Å². The van der Waals surface area contributed by atoms with Gasteiger partial charge in [-0.15, -0.1) is 0 Å². The summed E-state index contributed by atoms with van der Waals surface area (Å²) < 4.78 is 2.20. The van der Waals surface area contributed by atoms with Crippen LogP contribution in [0.4, 0.5) is 0 Å². The summed E-state index contributed by atoms with van der Waals surface area (Å²) in [4.78, 5) is 8.86. The molecule has 0 aromatic carbocycles. The Morgan fingerprint density at radius 1 is 1.27 bits per heavy atom. The Morgan fingerprint density at radius 2 is 2.14 bits per heavy atom. The first-order valence-electron chi connectivity index (χ1n) is 8.26. The van der Waals surface area contributed by atoms with Crippen LogP contribution in [0.5, 0.6) is 0 Å². The highest BCUT2D eigenvalue weighted by atomic mass is 32.2. The molecule has 0 aliphatic rings. The number of aliphatic imine (C=N–C) groups is 1. The molecule has 5 nitrogen and oxygen atoms in total. The van der Waals surface area contributed by atoms with E-state index in [1.807, 2.05) is 31.1 Å². The van der Waals surface area contributed by atoms with Gasteiger partial charge in [0.1, 0.15) is 5.82 Å². The molecule has 0 unspecified atom stereocenters. The third kappa shape index (κ3) is 8.32. The van der Waals surface area contributed by atoms with E-state index in [-0.39, 0.29) is 0 Å². The van der Waals surface area contributed by atoms with Crippen molar-refractivity contribution in [2.24, 2.45) is 4.99 Å². The smallest absolute Gasteiger partial charge is 0.191 e. The molecule has 0 fully saturated rings. The maximum Gasteiger partial charge on any atom is 0.191 e. The average Bonchev–Trinajstić information content (AvgIpc) is 2.92. The molecular formula is C16H31N5S. The molecule has 0 saturated carbocycles. The molecule has 0 aliphatic carbocycles. The van der Waals surface area contributed by atoms with E-state index in [9.17, 15) is 0 Å². The minimum absolute atomic E-state index is 0.907. The maximum atomic E-state index is 4.62. The second-order valence-corrected chi connectivity index (χ2v) is 6.25. The predicted molar refractivity (Wildman–Crippen MR) is 97.8 cm³/mol. The van der Waals surface area contributed by atoms with Crippen LogP contribution in [0, 0.1) is 6.92 Å². The Bertz CT molecular complexity index is 416. The molecule has 0 radical (unpaired) electrons. The number of hydrogen-bond acceptors (Lipinski definition) is 3. The first-order chi connectivity index (χ1) is 10.8. The molecule has 1 aromatic heterocycles. The highest BCUT2D eigenvalue weighted by molar-refractivity contribution is 7.98. The monoisotopic (exact) mass is 325 g/mol. The van der Waals surface area contributed by atoms with Gasteiger partial charge in [0, 0.05) is 38.6 Å². The third-order valence-electron chi connectivity index (χ3n) is 3.41. The van der Waals surface area contributed by atoms with Crippen LogP contribution in [0.3, 0.4) is 0 Å². The van der Waals surface area contributed by atoms with Crippen molar-refractivity contribution in [3.05, 3.63) is 18.2 Å². The number of guanidine groups is 1. The molecule has 0 atom stereocenters. The second-order valence-electron chi connectivity index (χ2n) is 5.26. The first-order valence-corrected chi connectivity index (χ1v) is 9.66. The molecule has 22 heavy (non-hydrogen) atoms. The van der Waals surface area contributed by atoms with E-state index < -0.39 is 0 Å². The first kappa shape index (κ1) is 18.9. The lowest BCUT2D eigenvalue weighted by atomic mass is 10.3. The van der Waals surface area contributed by atoms with E-state index in [4.69, 9.17) is 0 Å². The number of nitrogens with zero attached hydrogens (tertiary/aromatic N) is 3. The molecule has 0 saturated heterocycles. The van der Waals surface area contributed by atoms with E-state index in [0.717, 1.165) is 57.2 Å². The molecule has 1 aromatic rings. The number of nitrogens with one attached hydrogen (secondary N) is 2. The van der Waals surface area contributed by atoms with Crippen molar-refractivity contribution in [3.8, 4) is 0 Å². The van der Waals surface area contributed by atoms with Crippen molar-refractivity contribution in [2.75, 3.05) is 31.6 Å². The normalized spacial score (nSPS) is 11.7. The maximum absolute atomic E-state index is 4.62. The number of aryl methyl sites for hydroxylation is 2. The molecule has 126 valence electrons. The van der Waals surface area contributed by atoms with Gasteiger partial charge in [-0.05, 0) is 51.5 Å². The van der Waals surface area contributed by atoms with Gasteiger partial charge in [0.2, 0.25) is 0 Å². The number of hydrogen-bond donors (Lipinski definition) is 2. The summed E-state index contributed by atoms with van der Waals surface area (Å²) in [5.41, 5.74) is 0. The van der Waals surface area contributed by atoms with Crippen molar-refractivity contribution in [3.63, 3.8) is 0 Å². The van der Waals surface area contributed by atoms with Crippen LogP contribution < -0.4 is 10.6 Å². The van der Waals surface area contributed by atoms with E-state index in [1.54, 1.807) is 0 Å². The topological polar surface area (TPSA) is 54.2 Å². The van der Waals surface area contributed by atoms with E-state index >= 15 is 0 Å². The fourth-order valence-electron chi connectivity index (χ4n) is 2.14. The average molecular weight is 326 g/mol. The summed E-state index contributed by atoms with van der Waals surface area (Å²) >= 11 is 1.90. The van der Waals surface area contributed by atoms with Gasteiger partial charge in [0.05, 0.1) is 0 Å². The summed E-state index contributed by atoms with van der Waals surface area (Å²) in [6.07, 6.45) is 10.8. The summed E-state index contributed by atoms with van der Waals surface area (Å²) in [7, 11) is 0. The molecule has 1 rings (SSSR count). The van der Waals surface area contributed by atoms with Crippen LogP contribution >= 0.6 is 11.8 Å². The second kappa shape index (κ2) is 12.4. The molecule has 6 heteroatoms. The lowest BCUT2D eigenvalue weighted by molar-refractivity contribution is 0.588. The fraction of sp³-hybridized carbons (Fsp3) is 0.750. The Morgan fingerprint density at radius 3 is 2.82 bits per heavy atom. The van der Waals surface area contributed by atoms with Crippen molar-refractivity contribution < 1.29 is 0 Å². The summed E-state index contributed by atoms with van der Waals surface area (Å²) in [6.45, 7) is 7.97. The predicted octanol–water partition coefficient (Wildman–Crippen LogP) is 2.67. The quantitative estimate of drug-likeness (QED) is 0.373. The van der Waals surface area contributed by atoms with Gasteiger partial charge in [-0.1, -0.05) is 0 Å². The number of aromatic nitrogens is 2. The third-order valence-corrected chi connectivity index (χ3v) is 4.11. The van der Waals surface area contributed by atoms with E-state index in [1.165, 1.54) is 12.2 Å². The molecule has 2 N–H and O–H groups in total. The SMILES string of the molecule is CCNC(=NCCCCSC)NCCCCn1ccnc1C. The number of unbranched alkanes of at least 4 members (excludes halogenated alkanes) is 2. The van der Waals surface area contributed by atoms with Gasteiger partial charge >= 0.3 is 0 Å². The lowest BCUT2D eigenvalue weighted by Gasteiger charge is -2.11. The van der Waals surface area contributed by atoms with Crippen molar-refractivity contribution >= 4 is 17.7 Å². The summed E-state index contributed by atoms with van der Waals surface area (Å²) in [5.74, 6) is 3.27. The van der Waals surface area contributed by atoms with Crippen molar-refractivity contribution in [1.29, 1.82) is 0 Å². The van der Waals surface area contributed by atoms with Gasteiger partial charge < -0.3 is 15.2 Å². The molecular weight excluding hydrogens is 294 g/mol. The number of imidazole rings is 1. The van der Waals surface area contributed by atoms with Crippen molar-refractivity contribution in [1.82, 2.24) is 20.2 Å². The zero-order chi connectivity index (χ0) is 16.0. The van der Waals surface area contributed by atoms with Crippen LogP contribution in [0.2, 0.25) is 0 Å². The van der Waals surface area contributed by atoms with Gasteiger partial charge in [0.25, 0.3) is 0 Å². The van der Waals surface area contributed by atoms with Crippen molar-refractivity contribution in [2.45, 2.75) is 46.1 Å². The van der Waals surface area contributed by atoms with Gasteiger partial charge in [-0.2, -0.15) is 11.8 Å². The van der Waals surface area contributed by atoms with Crippen LogP contribution in [0.15, 0.2) is 17.4 Å². The Balaban J connectivity index is 2.14. The zero-order valence-electron chi connectivity index (χ0n) is 14.3. The molecule has 0 aliphatic heterocycles. The highest BCUT2D eigenvalue weighted by Gasteiger charge is 1.98. The molecule has 0 spiro atoms. The van der Waals surface area contributed by atoms with E-state index in [0.29, 0.717) is 0 Å². The Hall–Kier alpha value is -1.17. The largest absolute Gasteiger partial charge is 0.357 e. The molecule has 1 heterocycles. The van der Waals surface area contributed by atoms with Crippen LogP contribution in [0.1, 0.15) is 38.4 Å². The molecule has 0 amide bonds. The fourth-order valence-corrected chi connectivity index (χ4v) is 2.64. The highest BCUT2D eigenvalue weighted by Crippen LogP contribution is 2.00. The van der Waals surface area contributed by atoms with Gasteiger partial charge in [-0.25, -0.2) is 4.98 Å². The summed E-state index contributed by atoms with van der Waals surface area (Å²) in [6, 6.07) is 0. The Kier molecular flexibility index (Phi) is 10.6. The minimum atomic E-state index is 0.907. The van der Waals surface area contributed by atoms with Gasteiger partial charge in [0.15, 0.2) is 5.96 Å². The minimum Gasteiger partial charge on any atom is -0.357 e. The standard InChI is InChI=1S/C16H31N5S/c1-4-17-16(20-10-6-8-14-22-3)19-9-5-7-12-21-13-11-18-15(21)2/h11,13H,4-10,12,14H2,1-3H3,(H2,17,19,20). The van der Waals surface area contributed by atoms with Gasteiger partial charge in [-0.3, -0.25) is 4.99 Å². The lowest BCUT2D eigenvalue weighted by Crippen LogP contribution is -2.37. The Labute approximate surface area is 139 Å². The van der Waals surface area contributed by atoms with Crippen LogP contribution in [-0.2, 0) is 6.54 Å². The van der Waals surface area contributed by atoms with Crippen LogP contribution in [-0.4, -0.2) is 47.2 Å². The number of thioether (sulfide) groups is 1. The molecule has 0 bridgehead atoms. The number of rotatable bonds is 11.